The molecule has 2 aromatic rings. The topological polar surface area (TPSA) is 37.3 Å². The summed E-state index contributed by atoms with van der Waals surface area (Å²) in [5.41, 5.74) is 0.803. The molecule has 0 fully saturated rings. The average Bonchev–Trinajstić information content (AvgIpc) is 2.78. The minimum absolute atomic E-state index is 0.327. The Bertz CT molecular complexity index is 600. The van der Waals surface area contributed by atoms with E-state index in [1.807, 2.05) is 0 Å². The summed E-state index contributed by atoms with van der Waals surface area (Å²) in [5.74, 6) is -3.12. The molecule has 5 heteroatoms. The molecule has 0 spiro atoms. The lowest BCUT2D eigenvalue weighted by atomic mass is 10.2. The van der Waals surface area contributed by atoms with E-state index in [0.717, 1.165) is 16.5 Å². The minimum Gasteiger partial charge on any atom is -0.476 e. The van der Waals surface area contributed by atoms with Gasteiger partial charge in [-0.1, -0.05) is 12.1 Å². The van der Waals surface area contributed by atoms with E-state index in [2.05, 4.69) is 0 Å². The van der Waals surface area contributed by atoms with Crippen molar-refractivity contribution in [2.24, 2.45) is 0 Å². The molecule has 0 aliphatic heterocycles. The molecule has 0 aliphatic carbocycles. The first-order valence-corrected chi connectivity index (χ1v) is 5.84. The third-order valence-electron chi connectivity index (χ3n) is 2.23. The van der Waals surface area contributed by atoms with Crippen LogP contribution in [-0.4, -0.2) is 11.1 Å². The van der Waals surface area contributed by atoms with Gasteiger partial charge in [0.2, 0.25) is 5.83 Å². The molecule has 1 N–H and O–H groups in total. The van der Waals surface area contributed by atoms with Gasteiger partial charge in [-0.3, -0.25) is 0 Å². The van der Waals surface area contributed by atoms with Gasteiger partial charge in [0.05, 0.1) is 0 Å². The van der Waals surface area contributed by atoms with Gasteiger partial charge in [0.1, 0.15) is 5.82 Å². The monoisotopic (exact) mass is 266 g/mol. The van der Waals surface area contributed by atoms with Crippen molar-refractivity contribution in [1.82, 2.24) is 0 Å². The van der Waals surface area contributed by atoms with Crippen molar-refractivity contribution < 1.29 is 18.7 Å². The zero-order valence-corrected chi connectivity index (χ0v) is 9.88. The first-order valence-electron chi connectivity index (χ1n) is 5.02. The van der Waals surface area contributed by atoms with Crippen LogP contribution in [-0.2, 0) is 4.79 Å². The maximum absolute atomic E-state index is 12.9. The number of benzene rings is 1. The first kappa shape index (κ1) is 12.4. The molecule has 1 aromatic carbocycles. The van der Waals surface area contributed by atoms with Crippen LogP contribution in [0.2, 0.25) is 0 Å². The lowest BCUT2D eigenvalue weighted by Crippen LogP contribution is -1.93. The smallest absolute Gasteiger partial charge is 0.364 e. The second kappa shape index (κ2) is 5.10. The Morgan fingerprint density at radius 1 is 1.17 bits per heavy atom. The third-order valence-corrected chi connectivity index (χ3v) is 3.31. The van der Waals surface area contributed by atoms with Crippen molar-refractivity contribution >= 4 is 23.4 Å². The Labute approximate surface area is 106 Å². The molecular formula is C13H8F2O2S. The molecule has 0 amide bonds. The molecule has 92 valence electrons. The summed E-state index contributed by atoms with van der Waals surface area (Å²) in [7, 11) is 0. The van der Waals surface area contributed by atoms with E-state index in [4.69, 9.17) is 5.11 Å². The third kappa shape index (κ3) is 2.81. The minimum atomic E-state index is -1.59. The summed E-state index contributed by atoms with van der Waals surface area (Å²) < 4.78 is 25.6. The van der Waals surface area contributed by atoms with Crippen LogP contribution in [0.3, 0.4) is 0 Å². The summed E-state index contributed by atoms with van der Waals surface area (Å²) in [6.07, 6.45) is 0.958. The zero-order chi connectivity index (χ0) is 13.1. The Kier molecular flexibility index (Phi) is 3.53. The van der Waals surface area contributed by atoms with Gasteiger partial charge in [-0.2, -0.15) is 4.39 Å². The number of carboxylic acid groups (broad SMARTS) is 1. The van der Waals surface area contributed by atoms with Crippen LogP contribution < -0.4 is 0 Å². The molecule has 1 aromatic heterocycles. The molecule has 0 saturated heterocycles. The lowest BCUT2D eigenvalue weighted by Gasteiger charge is -1.95. The van der Waals surface area contributed by atoms with Gasteiger partial charge < -0.3 is 5.11 Å². The van der Waals surface area contributed by atoms with Gasteiger partial charge in [0.15, 0.2) is 0 Å². The van der Waals surface area contributed by atoms with E-state index < -0.39 is 11.8 Å². The molecule has 2 nitrogen and oxygen atoms in total. The van der Waals surface area contributed by atoms with E-state index in [1.165, 1.54) is 23.5 Å². The van der Waals surface area contributed by atoms with Crippen LogP contribution >= 0.6 is 11.3 Å². The van der Waals surface area contributed by atoms with Crippen LogP contribution in [0, 0.1) is 5.82 Å². The van der Waals surface area contributed by atoms with Crippen molar-refractivity contribution in [2.75, 3.05) is 0 Å². The second-order valence-electron chi connectivity index (χ2n) is 3.51. The molecule has 0 saturated carbocycles. The highest BCUT2D eigenvalue weighted by Crippen LogP contribution is 2.29. The number of halogens is 2. The van der Waals surface area contributed by atoms with Crippen molar-refractivity contribution in [3.8, 4) is 10.4 Å². The summed E-state index contributed by atoms with van der Waals surface area (Å²) >= 11 is 1.24. The standard InChI is InChI=1S/C13H8F2O2S/c14-9-3-1-8(2-4-9)12-6-5-10(18-12)7-11(15)13(16)17/h1-7H,(H,16,17). The van der Waals surface area contributed by atoms with Crippen LogP contribution in [0.15, 0.2) is 42.2 Å². The highest BCUT2D eigenvalue weighted by Gasteiger charge is 2.07. The first-order chi connectivity index (χ1) is 8.56. The number of rotatable bonds is 3. The molecule has 18 heavy (non-hydrogen) atoms. The van der Waals surface area contributed by atoms with E-state index in [9.17, 15) is 13.6 Å². The fraction of sp³-hybridized carbons (Fsp3) is 0. The Morgan fingerprint density at radius 3 is 2.44 bits per heavy atom. The maximum atomic E-state index is 12.9. The number of aliphatic carboxylic acids is 1. The van der Waals surface area contributed by atoms with Crippen molar-refractivity contribution in [3.05, 3.63) is 52.9 Å². The van der Waals surface area contributed by atoms with Crippen molar-refractivity contribution in [1.29, 1.82) is 0 Å². The highest BCUT2D eigenvalue weighted by atomic mass is 32.1. The number of carbonyl (C=O) groups is 1. The summed E-state index contributed by atoms with van der Waals surface area (Å²) in [4.78, 5) is 11.7. The molecule has 0 bridgehead atoms. The quantitative estimate of drug-likeness (QED) is 0.854. The summed E-state index contributed by atoms with van der Waals surface area (Å²) in [6.45, 7) is 0. The van der Waals surface area contributed by atoms with Gasteiger partial charge in [-0.25, -0.2) is 9.18 Å². The molecule has 0 aliphatic rings. The Balaban J connectivity index is 2.28. The van der Waals surface area contributed by atoms with Crippen molar-refractivity contribution in [2.45, 2.75) is 0 Å². The van der Waals surface area contributed by atoms with Crippen LogP contribution in [0.25, 0.3) is 16.5 Å². The number of thiophene rings is 1. The van der Waals surface area contributed by atoms with Gasteiger partial charge in [-0.05, 0) is 35.9 Å². The number of carboxylic acids is 1. The Morgan fingerprint density at radius 2 is 1.83 bits per heavy atom. The van der Waals surface area contributed by atoms with E-state index in [1.54, 1.807) is 24.3 Å². The zero-order valence-electron chi connectivity index (χ0n) is 9.06. The molecule has 2 rings (SSSR count). The van der Waals surface area contributed by atoms with Gasteiger partial charge in [0, 0.05) is 9.75 Å². The maximum Gasteiger partial charge on any atom is 0.364 e. The van der Waals surface area contributed by atoms with Crippen LogP contribution in [0.4, 0.5) is 8.78 Å². The van der Waals surface area contributed by atoms with Gasteiger partial charge in [0.25, 0.3) is 0 Å². The van der Waals surface area contributed by atoms with Gasteiger partial charge in [-0.15, -0.1) is 11.3 Å². The highest BCUT2D eigenvalue weighted by molar-refractivity contribution is 7.16. The second-order valence-corrected chi connectivity index (χ2v) is 4.62. The van der Waals surface area contributed by atoms with E-state index in [-0.39, 0.29) is 5.82 Å². The van der Waals surface area contributed by atoms with E-state index >= 15 is 0 Å². The average molecular weight is 266 g/mol. The number of hydrogen-bond donors (Lipinski definition) is 1. The lowest BCUT2D eigenvalue weighted by molar-refractivity contribution is -0.134. The fourth-order valence-corrected chi connectivity index (χ4v) is 2.33. The molecule has 0 atom stereocenters. The summed E-state index contributed by atoms with van der Waals surface area (Å²) in [5, 5.41) is 8.42. The normalized spacial score (nSPS) is 11.6. The van der Waals surface area contributed by atoms with Gasteiger partial charge >= 0.3 is 5.97 Å². The largest absolute Gasteiger partial charge is 0.476 e. The fourth-order valence-electron chi connectivity index (χ4n) is 1.39. The van der Waals surface area contributed by atoms with Crippen molar-refractivity contribution in [3.63, 3.8) is 0 Å². The van der Waals surface area contributed by atoms with Crippen LogP contribution in [0.5, 0.6) is 0 Å². The molecule has 0 radical (unpaired) electrons. The van der Waals surface area contributed by atoms with Crippen LogP contribution in [0.1, 0.15) is 4.88 Å². The number of hydrogen-bond acceptors (Lipinski definition) is 2. The molecule has 0 unspecified atom stereocenters. The SMILES string of the molecule is O=C(O)C(F)=Cc1ccc(-c2ccc(F)cc2)s1. The predicted molar refractivity (Wildman–Crippen MR) is 66.4 cm³/mol. The molecular weight excluding hydrogens is 258 g/mol. The summed E-state index contributed by atoms with van der Waals surface area (Å²) in [6, 6.07) is 9.25. The Hall–Kier alpha value is -2.01. The molecule has 1 heterocycles. The predicted octanol–water partition coefficient (Wildman–Crippen LogP) is 3.95. The van der Waals surface area contributed by atoms with E-state index in [0.29, 0.717) is 4.88 Å².